The van der Waals surface area contributed by atoms with E-state index in [1.54, 1.807) is 0 Å². The summed E-state index contributed by atoms with van der Waals surface area (Å²) in [5.74, 6) is -0.312. The monoisotopic (exact) mass is 212 g/mol. The first-order chi connectivity index (χ1) is 7.12. The van der Waals surface area contributed by atoms with Crippen molar-refractivity contribution in [3.63, 3.8) is 0 Å². The topological polar surface area (TPSA) is 78.4 Å². The molecule has 2 aliphatic rings. The number of hydrogen-bond donors (Lipinski definition) is 3. The molecule has 84 valence electrons. The Morgan fingerprint density at radius 2 is 2.00 bits per heavy atom. The van der Waals surface area contributed by atoms with Gasteiger partial charge in [-0.2, -0.15) is 0 Å². The summed E-state index contributed by atoms with van der Waals surface area (Å²) in [4.78, 5) is 22.3. The molecule has 2 fully saturated rings. The molecule has 0 aromatic rings. The lowest BCUT2D eigenvalue weighted by Crippen LogP contribution is -2.61. The van der Waals surface area contributed by atoms with Crippen LogP contribution in [-0.4, -0.2) is 29.2 Å². The Morgan fingerprint density at radius 3 is 2.40 bits per heavy atom. The van der Waals surface area contributed by atoms with E-state index in [9.17, 15) is 9.59 Å². The first kappa shape index (κ1) is 10.3. The number of carbonyl (C=O) groups excluding carboxylic acids is 1. The minimum atomic E-state index is -0.992. The highest BCUT2D eigenvalue weighted by Gasteiger charge is 2.45. The number of amides is 2. The van der Waals surface area contributed by atoms with Gasteiger partial charge >= 0.3 is 12.0 Å². The maximum absolute atomic E-state index is 11.4. The molecule has 2 aliphatic carbocycles. The summed E-state index contributed by atoms with van der Waals surface area (Å²) in [6.07, 6.45) is 4.29. The molecule has 2 amide bonds. The third-order valence-electron chi connectivity index (χ3n) is 3.22. The molecule has 0 saturated heterocycles. The van der Waals surface area contributed by atoms with Crippen LogP contribution in [-0.2, 0) is 4.79 Å². The van der Waals surface area contributed by atoms with E-state index in [0.717, 1.165) is 6.42 Å². The Hall–Kier alpha value is -1.26. The van der Waals surface area contributed by atoms with Crippen molar-refractivity contribution < 1.29 is 14.7 Å². The highest BCUT2D eigenvalue weighted by Crippen LogP contribution is 2.32. The van der Waals surface area contributed by atoms with Crippen LogP contribution in [0.4, 0.5) is 4.79 Å². The van der Waals surface area contributed by atoms with Crippen LogP contribution in [0.15, 0.2) is 0 Å². The second-order valence-electron chi connectivity index (χ2n) is 4.52. The molecule has 3 N–H and O–H groups in total. The van der Waals surface area contributed by atoms with E-state index in [1.165, 1.54) is 12.8 Å². The fourth-order valence-corrected chi connectivity index (χ4v) is 1.74. The maximum Gasteiger partial charge on any atom is 0.329 e. The Balaban J connectivity index is 1.78. The number of rotatable bonds is 4. The van der Waals surface area contributed by atoms with Crippen molar-refractivity contribution in [3.8, 4) is 0 Å². The van der Waals surface area contributed by atoms with Gasteiger partial charge in [-0.25, -0.2) is 9.59 Å². The van der Waals surface area contributed by atoms with Gasteiger partial charge in [-0.05, 0) is 38.0 Å². The lowest BCUT2D eigenvalue weighted by molar-refractivity contribution is -0.148. The van der Waals surface area contributed by atoms with E-state index < -0.39 is 11.5 Å². The molecule has 0 unspecified atom stereocenters. The molecule has 0 aromatic carbocycles. The number of nitrogens with one attached hydrogen (secondary N) is 2. The van der Waals surface area contributed by atoms with Crippen molar-refractivity contribution >= 4 is 12.0 Å². The Kier molecular flexibility index (Phi) is 2.54. The standard InChI is InChI=1S/C10H16N2O3/c13-8(14)10(4-1-5-10)12-9(15)11-6-7-2-3-7/h7H,1-6H2,(H,13,14)(H2,11,12,15). The summed E-state index contributed by atoms with van der Waals surface area (Å²) in [6.45, 7) is 0.668. The van der Waals surface area contributed by atoms with Crippen LogP contribution in [0.25, 0.3) is 0 Å². The highest BCUT2D eigenvalue weighted by atomic mass is 16.4. The van der Waals surface area contributed by atoms with Gasteiger partial charge in [0.2, 0.25) is 0 Å². The molecule has 0 aliphatic heterocycles. The van der Waals surface area contributed by atoms with Crippen molar-refractivity contribution in [2.45, 2.75) is 37.6 Å². The van der Waals surface area contributed by atoms with Gasteiger partial charge in [-0.15, -0.1) is 0 Å². The zero-order valence-electron chi connectivity index (χ0n) is 8.58. The lowest BCUT2D eigenvalue weighted by atomic mass is 9.77. The third kappa shape index (κ3) is 2.22. The summed E-state index contributed by atoms with van der Waals surface area (Å²) >= 11 is 0. The Morgan fingerprint density at radius 1 is 1.33 bits per heavy atom. The zero-order chi connectivity index (χ0) is 10.9. The average Bonchev–Trinajstić information content (AvgIpc) is 2.90. The normalized spacial score (nSPS) is 22.7. The van der Waals surface area contributed by atoms with Gasteiger partial charge in [-0.1, -0.05) is 0 Å². The van der Waals surface area contributed by atoms with Crippen molar-refractivity contribution in [1.29, 1.82) is 0 Å². The second kappa shape index (κ2) is 3.72. The molecule has 5 heteroatoms. The van der Waals surface area contributed by atoms with Gasteiger partial charge in [0.05, 0.1) is 0 Å². The SMILES string of the molecule is O=C(NCC1CC1)NC1(C(=O)O)CCC1. The smallest absolute Gasteiger partial charge is 0.329 e. The fourth-order valence-electron chi connectivity index (χ4n) is 1.74. The number of aliphatic carboxylic acids is 1. The van der Waals surface area contributed by atoms with Crippen molar-refractivity contribution in [2.24, 2.45) is 5.92 Å². The zero-order valence-corrected chi connectivity index (χ0v) is 8.58. The van der Waals surface area contributed by atoms with Crippen molar-refractivity contribution in [1.82, 2.24) is 10.6 Å². The molecule has 0 atom stereocenters. The highest BCUT2D eigenvalue weighted by molar-refractivity contribution is 5.87. The number of carbonyl (C=O) groups is 2. The van der Waals surface area contributed by atoms with Crippen LogP contribution < -0.4 is 10.6 Å². The van der Waals surface area contributed by atoms with Gasteiger partial charge < -0.3 is 15.7 Å². The molecule has 0 radical (unpaired) electrons. The molecule has 0 aromatic heterocycles. The van der Waals surface area contributed by atoms with E-state index >= 15 is 0 Å². The lowest BCUT2D eigenvalue weighted by Gasteiger charge is -2.38. The number of carboxylic acid groups (broad SMARTS) is 1. The van der Waals surface area contributed by atoms with Crippen LogP contribution >= 0.6 is 0 Å². The van der Waals surface area contributed by atoms with Crippen LogP contribution in [0, 0.1) is 5.92 Å². The molecular weight excluding hydrogens is 196 g/mol. The van der Waals surface area contributed by atoms with Gasteiger partial charge in [0.15, 0.2) is 0 Å². The van der Waals surface area contributed by atoms with Crippen LogP contribution in [0.3, 0.4) is 0 Å². The Labute approximate surface area is 88.2 Å². The van der Waals surface area contributed by atoms with Crippen molar-refractivity contribution in [3.05, 3.63) is 0 Å². The minimum Gasteiger partial charge on any atom is -0.480 e. The van der Waals surface area contributed by atoms with Crippen LogP contribution in [0.2, 0.25) is 0 Å². The van der Waals surface area contributed by atoms with E-state index in [4.69, 9.17) is 5.11 Å². The molecule has 2 rings (SSSR count). The van der Waals surface area contributed by atoms with Gasteiger partial charge in [-0.3, -0.25) is 0 Å². The predicted octanol–water partition coefficient (Wildman–Crippen LogP) is 0.703. The first-order valence-corrected chi connectivity index (χ1v) is 5.42. The van der Waals surface area contributed by atoms with E-state index in [-0.39, 0.29) is 6.03 Å². The van der Waals surface area contributed by atoms with Crippen LogP contribution in [0.5, 0.6) is 0 Å². The predicted molar refractivity (Wildman–Crippen MR) is 53.5 cm³/mol. The molecule has 5 nitrogen and oxygen atoms in total. The van der Waals surface area contributed by atoms with Gasteiger partial charge in [0, 0.05) is 6.54 Å². The maximum atomic E-state index is 11.4. The first-order valence-electron chi connectivity index (χ1n) is 5.42. The summed E-state index contributed by atoms with van der Waals surface area (Å²) in [5, 5.41) is 14.3. The summed E-state index contributed by atoms with van der Waals surface area (Å²) < 4.78 is 0. The summed E-state index contributed by atoms with van der Waals surface area (Å²) in [6, 6.07) is -0.344. The molecule has 0 heterocycles. The quantitative estimate of drug-likeness (QED) is 0.642. The average molecular weight is 212 g/mol. The molecule has 15 heavy (non-hydrogen) atoms. The molecular formula is C10H16N2O3. The molecule has 0 bridgehead atoms. The number of urea groups is 1. The Bertz CT molecular complexity index is 282. The fraction of sp³-hybridized carbons (Fsp3) is 0.800. The van der Waals surface area contributed by atoms with E-state index in [1.807, 2.05) is 0 Å². The van der Waals surface area contributed by atoms with Gasteiger partial charge in [0.25, 0.3) is 0 Å². The largest absolute Gasteiger partial charge is 0.480 e. The van der Waals surface area contributed by atoms with E-state index in [2.05, 4.69) is 10.6 Å². The molecule has 2 saturated carbocycles. The number of hydrogen-bond acceptors (Lipinski definition) is 2. The summed E-state index contributed by atoms with van der Waals surface area (Å²) in [7, 11) is 0. The minimum absolute atomic E-state index is 0.344. The molecule has 0 spiro atoms. The van der Waals surface area contributed by atoms with Gasteiger partial charge in [0.1, 0.15) is 5.54 Å². The van der Waals surface area contributed by atoms with Crippen molar-refractivity contribution in [2.75, 3.05) is 6.54 Å². The second-order valence-corrected chi connectivity index (χ2v) is 4.52. The number of carboxylic acids is 1. The van der Waals surface area contributed by atoms with Crippen LogP contribution in [0.1, 0.15) is 32.1 Å². The summed E-state index contributed by atoms with van der Waals surface area (Å²) in [5.41, 5.74) is -0.992. The van der Waals surface area contributed by atoms with E-state index in [0.29, 0.717) is 25.3 Å². The third-order valence-corrected chi connectivity index (χ3v) is 3.22.